The van der Waals surface area contributed by atoms with Gasteiger partial charge in [-0.2, -0.15) is 0 Å². The van der Waals surface area contributed by atoms with E-state index in [1.54, 1.807) is 11.3 Å². The number of hydrogen-bond donors (Lipinski definition) is 1. The molecule has 0 spiro atoms. The average molecular weight is 274 g/mol. The van der Waals surface area contributed by atoms with Crippen LogP contribution in [0.1, 0.15) is 24.6 Å². The average Bonchev–Trinajstić information content (AvgIpc) is 2.58. The maximum Gasteiger partial charge on any atom is 0.220 e. The van der Waals surface area contributed by atoms with Gasteiger partial charge in [-0.1, -0.05) is 6.92 Å². The molecule has 0 bridgehead atoms. The zero-order chi connectivity index (χ0) is 10.2. The Balaban J connectivity index is 2.20. The van der Waals surface area contributed by atoms with Crippen molar-refractivity contribution in [3.63, 3.8) is 0 Å². The minimum atomic E-state index is 0.130. The smallest absolute Gasteiger partial charge is 0.220 e. The standard InChI is InChI=1S/C10H12BrNOS/c1-10(3-2-9(13)12-6-10)8-4-7(11)5-14-8/h4-5H,2-3,6H2,1H3,(H,12,13). The molecule has 0 saturated carbocycles. The predicted molar refractivity (Wildman–Crippen MR) is 61.6 cm³/mol. The summed E-state index contributed by atoms with van der Waals surface area (Å²) in [6.45, 7) is 2.98. The van der Waals surface area contributed by atoms with Gasteiger partial charge in [0, 0.05) is 33.1 Å². The molecule has 76 valence electrons. The Morgan fingerprint density at radius 1 is 1.64 bits per heavy atom. The normalized spacial score (nSPS) is 27.4. The van der Waals surface area contributed by atoms with Crippen molar-refractivity contribution in [2.45, 2.75) is 25.2 Å². The first-order valence-corrected chi connectivity index (χ1v) is 6.29. The first-order chi connectivity index (χ1) is 6.60. The molecule has 14 heavy (non-hydrogen) atoms. The highest BCUT2D eigenvalue weighted by Crippen LogP contribution is 2.36. The zero-order valence-corrected chi connectivity index (χ0v) is 10.4. The molecule has 1 saturated heterocycles. The summed E-state index contributed by atoms with van der Waals surface area (Å²) in [5.41, 5.74) is 0.130. The second kappa shape index (κ2) is 3.66. The van der Waals surface area contributed by atoms with Crippen LogP contribution in [0, 0.1) is 0 Å². The van der Waals surface area contributed by atoms with Crippen LogP contribution in [0.25, 0.3) is 0 Å². The summed E-state index contributed by atoms with van der Waals surface area (Å²) in [6, 6.07) is 2.15. The number of rotatable bonds is 1. The Morgan fingerprint density at radius 2 is 2.43 bits per heavy atom. The van der Waals surface area contributed by atoms with Crippen molar-refractivity contribution in [2.75, 3.05) is 6.54 Å². The minimum Gasteiger partial charge on any atom is -0.355 e. The summed E-state index contributed by atoms with van der Waals surface area (Å²) in [6.07, 6.45) is 1.60. The SMILES string of the molecule is CC1(c2cc(Br)cs2)CCC(=O)NC1. The van der Waals surface area contributed by atoms with E-state index in [0.717, 1.165) is 17.4 Å². The third-order valence-electron chi connectivity index (χ3n) is 2.74. The first kappa shape index (κ1) is 10.2. The summed E-state index contributed by atoms with van der Waals surface area (Å²) in [7, 11) is 0. The van der Waals surface area contributed by atoms with Gasteiger partial charge in [0.1, 0.15) is 0 Å². The quantitative estimate of drug-likeness (QED) is 0.838. The van der Waals surface area contributed by atoms with Gasteiger partial charge in [-0.05, 0) is 28.4 Å². The van der Waals surface area contributed by atoms with Crippen molar-refractivity contribution in [2.24, 2.45) is 0 Å². The maximum absolute atomic E-state index is 11.1. The van der Waals surface area contributed by atoms with Gasteiger partial charge in [-0.15, -0.1) is 11.3 Å². The zero-order valence-electron chi connectivity index (χ0n) is 7.97. The minimum absolute atomic E-state index is 0.130. The third kappa shape index (κ3) is 1.86. The number of halogens is 1. The van der Waals surface area contributed by atoms with Crippen molar-refractivity contribution in [3.05, 3.63) is 20.8 Å². The van der Waals surface area contributed by atoms with Crippen LogP contribution in [0.5, 0.6) is 0 Å². The summed E-state index contributed by atoms with van der Waals surface area (Å²) in [5.74, 6) is 0.179. The number of carbonyl (C=O) groups is 1. The summed E-state index contributed by atoms with van der Waals surface area (Å²) < 4.78 is 1.13. The molecule has 0 aromatic carbocycles. The van der Waals surface area contributed by atoms with E-state index in [-0.39, 0.29) is 11.3 Å². The van der Waals surface area contributed by atoms with Gasteiger partial charge in [0.25, 0.3) is 0 Å². The van der Waals surface area contributed by atoms with E-state index in [0.29, 0.717) is 6.42 Å². The van der Waals surface area contributed by atoms with Crippen molar-refractivity contribution < 1.29 is 4.79 Å². The second-order valence-corrected chi connectivity index (χ2v) is 5.79. The maximum atomic E-state index is 11.1. The Morgan fingerprint density at radius 3 is 2.93 bits per heavy atom. The van der Waals surface area contributed by atoms with E-state index in [9.17, 15) is 4.79 Å². The summed E-state index contributed by atoms with van der Waals surface area (Å²) in [5, 5.41) is 5.03. The molecule has 2 heterocycles. The van der Waals surface area contributed by atoms with E-state index in [4.69, 9.17) is 0 Å². The number of amides is 1. The predicted octanol–water partition coefficient (Wildman–Crippen LogP) is 2.68. The van der Waals surface area contributed by atoms with Crippen molar-refractivity contribution in [1.29, 1.82) is 0 Å². The number of piperidine rings is 1. The second-order valence-electron chi connectivity index (χ2n) is 3.97. The lowest BCUT2D eigenvalue weighted by Gasteiger charge is -2.32. The lowest BCUT2D eigenvalue weighted by molar-refractivity contribution is -0.123. The van der Waals surface area contributed by atoms with Crippen molar-refractivity contribution >= 4 is 33.2 Å². The van der Waals surface area contributed by atoms with Crippen LogP contribution in [0.2, 0.25) is 0 Å². The molecule has 1 aromatic heterocycles. The van der Waals surface area contributed by atoms with Crippen LogP contribution in [0.3, 0.4) is 0 Å². The lowest BCUT2D eigenvalue weighted by atomic mass is 9.81. The van der Waals surface area contributed by atoms with Crippen LogP contribution < -0.4 is 5.32 Å². The highest BCUT2D eigenvalue weighted by atomic mass is 79.9. The van der Waals surface area contributed by atoms with Crippen molar-refractivity contribution in [1.82, 2.24) is 5.32 Å². The number of carbonyl (C=O) groups excluding carboxylic acids is 1. The fourth-order valence-corrected chi connectivity index (χ4v) is 3.32. The van der Waals surface area contributed by atoms with Gasteiger partial charge in [0.15, 0.2) is 0 Å². The molecule has 1 amide bonds. The summed E-state index contributed by atoms with van der Waals surface area (Å²) >= 11 is 5.22. The molecule has 1 unspecified atom stereocenters. The molecule has 0 aliphatic carbocycles. The first-order valence-electron chi connectivity index (χ1n) is 4.61. The number of nitrogens with one attached hydrogen (secondary N) is 1. The Hall–Kier alpha value is -0.350. The van der Waals surface area contributed by atoms with Crippen LogP contribution in [-0.4, -0.2) is 12.5 Å². The molecule has 1 N–H and O–H groups in total. The van der Waals surface area contributed by atoms with E-state index in [2.05, 4.69) is 39.6 Å². The Kier molecular flexibility index (Phi) is 2.66. The van der Waals surface area contributed by atoms with Crippen LogP contribution in [-0.2, 0) is 10.2 Å². The molecular weight excluding hydrogens is 262 g/mol. The molecule has 1 fully saturated rings. The molecule has 2 nitrogen and oxygen atoms in total. The molecule has 1 aromatic rings. The van der Waals surface area contributed by atoms with Crippen molar-refractivity contribution in [3.8, 4) is 0 Å². The molecular formula is C10H12BrNOS. The number of thiophene rings is 1. The van der Waals surface area contributed by atoms with Gasteiger partial charge in [0.2, 0.25) is 5.91 Å². The van der Waals surface area contributed by atoms with E-state index in [1.807, 2.05) is 0 Å². The molecule has 1 aliphatic heterocycles. The molecule has 1 atom stereocenters. The van der Waals surface area contributed by atoms with Gasteiger partial charge < -0.3 is 5.32 Å². The van der Waals surface area contributed by atoms with E-state index in [1.165, 1.54) is 4.88 Å². The highest BCUT2D eigenvalue weighted by Gasteiger charge is 2.32. The molecule has 4 heteroatoms. The molecule has 2 rings (SSSR count). The van der Waals surface area contributed by atoms with Gasteiger partial charge in [-0.25, -0.2) is 0 Å². The largest absolute Gasteiger partial charge is 0.355 e. The van der Waals surface area contributed by atoms with Crippen LogP contribution in [0.15, 0.2) is 15.9 Å². The monoisotopic (exact) mass is 273 g/mol. The van der Waals surface area contributed by atoms with Gasteiger partial charge in [0.05, 0.1) is 0 Å². The topological polar surface area (TPSA) is 29.1 Å². The van der Waals surface area contributed by atoms with Crippen LogP contribution in [0.4, 0.5) is 0 Å². The fourth-order valence-electron chi connectivity index (χ4n) is 1.70. The Labute approximate surface area is 95.8 Å². The van der Waals surface area contributed by atoms with Gasteiger partial charge in [-0.3, -0.25) is 4.79 Å². The van der Waals surface area contributed by atoms with Gasteiger partial charge >= 0.3 is 0 Å². The Bertz CT molecular complexity index is 351. The summed E-state index contributed by atoms with van der Waals surface area (Å²) in [4.78, 5) is 12.4. The molecule has 1 aliphatic rings. The van der Waals surface area contributed by atoms with Crippen LogP contribution >= 0.6 is 27.3 Å². The highest BCUT2D eigenvalue weighted by molar-refractivity contribution is 9.10. The molecule has 0 radical (unpaired) electrons. The third-order valence-corrected chi connectivity index (χ3v) is 4.74. The van der Waals surface area contributed by atoms with E-state index >= 15 is 0 Å². The fraction of sp³-hybridized carbons (Fsp3) is 0.500. The number of hydrogen-bond acceptors (Lipinski definition) is 2. The van der Waals surface area contributed by atoms with E-state index < -0.39 is 0 Å². The lowest BCUT2D eigenvalue weighted by Crippen LogP contribution is -2.43.